The maximum atomic E-state index is 13.7. The molecule has 1 saturated carbocycles. The molecule has 0 aromatic heterocycles. The third kappa shape index (κ3) is 7.10. The lowest BCUT2D eigenvalue weighted by atomic mass is 9.69. The van der Waals surface area contributed by atoms with Crippen molar-refractivity contribution in [1.82, 2.24) is 0 Å². The van der Waals surface area contributed by atoms with Crippen molar-refractivity contribution in [3.05, 3.63) is 0 Å². The van der Waals surface area contributed by atoms with Gasteiger partial charge < -0.3 is 14.2 Å². The first-order valence-corrected chi connectivity index (χ1v) is 10.8. The Hall–Kier alpha value is -1.92. The fourth-order valence-electron chi connectivity index (χ4n) is 3.55. The summed E-state index contributed by atoms with van der Waals surface area (Å²) in [5, 5.41) is 0. The average Bonchev–Trinajstić information content (AvgIpc) is 2.56. The normalized spacial score (nSPS) is 20.3. The van der Waals surface area contributed by atoms with Gasteiger partial charge in [0.2, 0.25) is 5.41 Å². The van der Waals surface area contributed by atoms with Crippen molar-refractivity contribution in [3.63, 3.8) is 0 Å². The van der Waals surface area contributed by atoms with Gasteiger partial charge in [0.25, 0.3) is 0 Å². The Morgan fingerprint density at radius 2 is 1.23 bits per heavy atom. The van der Waals surface area contributed by atoms with Gasteiger partial charge in [0.1, 0.15) is 11.2 Å². The molecule has 0 spiro atoms. The summed E-state index contributed by atoms with van der Waals surface area (Å²) in [6.45, 7) is 13.6. The molecule has 0 aliphatic heterocycles. The highest BCUT2D eigenvalue weighted by Crippen LogP contribution is 2.39. The molecule has 0 saturated heterocycles. The Labute approximate surface area is 180 Å². The molecule has 0 N–H and O–H groups in total. The molecule has 30 heavy (non-hydrogen) atoms. The number of esters is 3. The maximum absolute atomic E-state index is 13.7. The lowest BCUT2D eigenvalue weighted by Crippen LogP contribution is -2.55. The maximum Gasteiger partial charge on any atom is 0.332 e. The quantitative estimate of drug-likeness (QED) is 0.345. The third-order valence-corrected chi connectivity index (χ3v) is 5.02. The minimum Gasteiger partial charge on any atom is -0.466 e. The van der Waals surface area contributed by atoms with E-state index < -0.39 is 52.6 Å². The van der Waals surface area contributed by atoms with Crippen molar-refractivity contribution in [2.24, 2.45) is 17.3 Å². The number of carbonyl (C=O) groups excluding carboxylic acids is 4. The van der Waals surface area contributed by atoms with Crippen LogP contribution in [0, 0.1) is 17.3 Å². The Bertz CT molecular complexity index is 615. The molecule has 0 unspecified atom stereocenters. The van der Waals surface area contributed by atoms with Crippen LogP contribution in [0.15, 0.2) is 0 Å². The number of rotatable bonds is 7. The lowest BCUT2D eigenvalue weighted by molar-refractivity contribution is -0.191. The van der Waals surface area contributed by atoms with Gasteiger partial charge in [-0.2, -0.15) is 0 Å². The fourth-order valence-corrected chi connectivity index (χ4v) is 3.55. The molecule has 0 aromatic carbocycles. The van der Waals surface area contributed by atoms with Crippen LogP contribution < -0.4 is 0 Å². The first kappa shape index (κ1) is 26.1. The standard InChI is InChI=1S/C23H38O7/c1-9-28-17(24)14-23(19(26)29-21(3,4)5,20(27)30-22(6,7)8)18(25)16-12-10-15(2)11-13-16/h15-16H,9-14H2,1-8H3. The van der Waals surface area contributed by atoms with Gasteiger partial charge in [-0.3, -0.25) is 19.2 Å². The molecule has 7 heteroatoms. The van der Waals surface area contributed by atoms with Gasteiger partial charge in [0, 0.05) is 5.92 Å². The molecule has 0 atom stereocenters. The summed E-state index contributed by atoms with van der Waals surface area (Å²) >= 11 is 0. The number of hydrogen-bond acceptors (Lipinski definition) is 7. The number of Topliss-reactive ketones (excluding diaryl/α,β-unsaturated/α-hetero) is 1. The van der Waals surface area contributed by atoms with Crippen molar-refractivity contribution < 1.29 is 33.4 Å². The molecule has 0 heterocycles. The Morgan fingerprint density at radius 3 is 1.60 bits per heavy atom. The van der Waals surface area contributed by atoms with Crippen molar-refractivity contribution in [2.75, 3.05) is 6.61 Å². The first-order valence-electron chi connectivity index (χ1n) is 10.8. The van der Waals surface area contributed by atoms with Crippen LogP contribution in [-0.4, -0.2) is 41.5 Å². The second-order valence-electron chi connectivity index (χ2n) is 10.2. The lowest BCUT2D eigenvalue weighted by Gasteiger charge is -2.36. The highest BCUT2D eigenvalue weighted by molar-refractivity contribution is 6.22. The third-order valence-electron chi connectivity index (χ3n) is 5.02. The molecular formula is C23H38O7. The summed E-state index contributed by atoms with van der Waals surface area (Å²) in [5.41, 5.74) is -4.29. The van der Waals surface area contributed by atoms with Crippen molar-refractivity contribution in [3.8, 4) is 0 Å². The molecule has 1 rings (SSSR count). The zero-order valence-corrected chi connectivity index (χ0v) is 19.8. The zero-order valence-electron chi connectivity index (χ0n) is 19.8. The van der Waals surface area contributed by atoms with E-state index in [0.717, 1.165) is 12.8 Å². The zero-order chi connectivity index (χ0) is 23.3. The summed E-state index contributed by atoms with van der Waals surface area (Å²) in [5.74, 6) is -3.58. The van der Waals surface area contributed by atoms with E-state index in [1.807, 2.05) is 0 Å². The summed E-state index contributed by atoms with van der Waals surface area (Å²) in [6, 6.07) is 0. The van der Waals surface area contributed by atoms with Gasteiger partial charge in [0.15, 0.2) is 5.78 Å². The molecule has 1 aliphatic rings. The van der Waals surface area contributed by atoms with E-state index in [4.69, 9.17) is 14.2 Å². The van der Waals surface area contributed by atoms with Gasteiger partial charge in [0.05, 0.1) is 13.0 Å². The summed E-state index contributed by atoms with van der Waals surface area (Å²) < 4.78 is 16.0. The van der Waals surface area contributed by atoms with Gasteiger partial charge in [-0.1, -0.05) is 19.8 Å². The predicted molar refractivity (Wildman–Crippen MR) is 112 cm³/mol. The molecule has 0 radical (unpaired) electrons. The van der Waals surface area contributed by atoms with E-state index in [1.165, 1.54) is 0 Å². The van der Waals surface area contributed by atoms with Crippen LogP contribution in [-0.2, 0) is 33.4 Å². The summed E-state index contributed by atoms with van der Waals surface area (Å²) in [4.78, 5) is 52.8. The highest BCUT2D eigenvalue weighted by Gasteiger charge is 2.60. The second kappa shape index (κ2) is 9.92. The largest absolute Gasteiger partial charge is 0.466 e. The van der Waals surface area contributed by atoms with E-state index in [-0.39, 0.29) is 6.61 Å². The Kier molecular flexibility index (Phi) is 8.64. The van der Waals surface area contributed by atoms with Crippen LogP contribution in [0.4, 0.5) is 0 Å². The van der Waals surface area contributed by atoms with Crippen LogP contribution in [0.25, 0.3) is 0 Å². The molecule has 0 amide bonds. The summed E-state index contributed by atoms with van der Waals surface area (Å²) in [6.07, 6.45) is 2.00. The van der Waals surface area contributed by atoms with Crippen molar-refractivity contribution >= 4 is 23.7 Å². The predicted octanol–water partition coefficient (Wildman–Crippen LogP) is 4.00. The molecular weight excluding hydrogens is 388 g/mol. The SMILES string of the molecule is CCOC(=O)CC(C(=O)OC(C)(C)C)(C(=O)OC(C)(C)C)C(=O)C1CCC(C)CC1. The smallest absolute Gasteiger partial charge is 0.332 e. The van der Waals surface area contributed by atoms with Crippen molar-refractivity contribution in [2.45, 2.75) is 98.7 Å². The topological polar surface area (TPSA) is 96.0 Å². The first-order chi connectivity index (χ1) is 13.6. The fraction of sp³-hybridized carbons (Fsp3) is 0.826. The number of ether oxygens (including phenoxy) is 3. The molecule has 1 aliphatic carbocycles. The number of ketones is 1. The van der Waals surface area contributed by atoms with Gasteiger partial charge in [-0.25, -0.2) is 0 Å². The Balaban J connectivity index is 3.50. The Morgan fingerprint density at radius 1 is 0.800 bits per heavy atom. The van der Waals surface area contributed by atoms with E-state index >= 15 is 0 Å². The minimum absolute atomic E-state index is 0.0622. The van der Waals surface area contributed by atoms with Crippen LogP contribution in [0.5, 0.6) is 0 Å². The van der Waals surface area contributed by atoms with E-state index in [9.17, 15) is 19.2 Å². The van der Waals surface area contributed by atoms with E-state index in [1.54, 1.807) is 48.5 Å². The molecule has 0 bridgehead atoms. The van der Waals surface area contributed by atoms with Gasteiger partial charge in [-0.05, 0) is 67.2 Å². The van der Waals surface area contributed by atoms with Crippen LogP contribution >= 0.6 is 0 Å². The number of carbonyl (C=O) groups is 4. The minimum atomic E-state index is -2.38. The van der Waals surface area contributed by atoms with Gasteiger partial charge in [-0.15, -0.1) is 0 Å². The second-order valence-corrected chi connectivity index (χ2v) is 10.2. The monoisotopic (exact) mass is 426 g/mol. The number of hydrogen-bond donors (Lipinski definition) is 0. The van der Waals surface area contributed by atoms with Crippen LogP contribution in [0.1, 0.15) is 87.5 Å². The molecule has 1 fully saturated rings. The molecule has 7 nitrogen and oxygen atoms in total. The van der Waals surface area contributed by atoms with Gasteiger partial charge >= 0.3 is 17.9 Å². The van der Waals surface area contributed by atoms with E-state index in [0.29, 0.717) is 18.8 Å². The summed E-state index contributed by atoms with van der Waals surface area (Å²) in [7, 11) is 0. The molecule has 172 valence electrons. The highest BCUT2D eigenvalue weighted by atomic mass is 16.6. The van der Waals surface area contributed by atoms with Crippen LogP contribution in [0.3, 0.4) is 0 Å². The van der Waals surface area contributed by atoms with E-state index in [2.05, 4.69) is 6.92 Å². The average molecular weight is 427 g/mol. The van der Waals surface area contributed by atoms with Crippen molar-refractivity contribution in [1.29, 1.82) is 0 Å². The molecule has 0 aromatic rings. The van der Waals surface area contributed by atoms with Crippen LogP contribution in [0.2, 0.25) is 0 Å².